The number of carbonyl (C=O) groups is 2. The number of nitrogens with one attached hydrogen (secondary N) is 2. The Labute approximate surface area is 104 Å². The van der Waals surface area contributed by atoms with E-state index in [4.69, 9.17) is 0 Å². The van der Waals surface area contributed by atoms with Crippen LogP contribution < -0.4 is 10.6 Å². The standard InChI is InChI=1S/C12H14N2O2S/c1-3-13-10(15)12(2)11(16)14-8-6-4-5-7-9(8)17-12/h4-7H,3H2,1-2H3,(H,13,15)(H,14,16). The van der Waals surface area contributed by atoms with E-state index in [2.05, 4.69) is 10.6 Å². The Morgan fingerprint density at radius 2 is 2.18 bits per heavy atom. The number of benzene rings is 1. The summed E-state index contributed by atoms with van der Waals surface area (Å²) < 4.78 is -1.09. The second-order valence-electron chi connectivity index (χ2n) is 3.95. The summed E-state index contributed by atoms with van der Waals surface area (Å²) >= 11 is 1.29. The van der Waals surface area contributed by atoms with Crippen LogP contribution in [0.2, 0.25) is 0 Å². The highest BCUT2D eigenvalue weighted by molar-refractivity contribution is 8.02. The maximum atomic E-state index is 12.0. The Hall–Kier alpha value is -1.49. The van der Waals surface area contributed by atoms with Gasteiger partial charge >= 0.3 is 0 Å². The zero-order chi connectivity index (χ0) is 12.5. The second-order valence-corrected chi connectivity index (χ2v) is 5.41. The van der Waals surface area contributed by atoms with Crippen LogP contribution in [-0.4, -0.2) is 23.1 Å². The molecule has 0 saturated carbocycles. The summed E-state index contributed by atoms with van der Waals surface area (Å²) in [4.78, 5) is 24.9. The molecule has 0 aromatic heterocycles. The minimum atomic E-state index is -1.09. The maximum absolute atomic E-state index is 12.0. The van der Waals surface area contributed by atoms with Crippen LogP contribution in [0.3, 0.4) is 0 Å². The Morgan fingerprint density at radius 1 is 1.47 bits per heavy atom. The summed E-state index contributed by atoms with van der Waals surface area (Å²) in [6, 6.07) is 7.48. The van der Waals surface area contributed by atoms with E-state index in [1.165, 1.54) is 11.8 Å². The number of thioether (sulfide) groups is 1. The van der Waals surface area contributed by atoms with Gasteiger partial charge < -0.3 is 10.6 Å². The van der Waals surface area contributed by atoms with Crippen LogP contribution in [0.25, 0.3) is 0 Å². The molecule has 0 spiro atoms. The van der Waals surface area contributed by atoms with Gasteiger partial charge in [-0.05, 0) is 26.0 Å². The summed E-state index contributed by atoms with van der Waals surface area (Å²) in [5.74, 6) is -0.524. The average Bonchev–Trinajstić information content (AvgIpc) is 2.31. The molecule has 17 heavy (non-hydrogen) atoms. The predicted molar refractivity (Wildman–Crippen MR) is 68.0 cm³/mol. The second kappa shape index (κ2) is 4.41. The molecule has 1 aromatic rings. The van der Waals surface area contributed by atoms with Gasteiger partial charge in [0.25, 0.3) is 0 Å². The first-order valence-electron chi connectivity index (χ1n) is 5.45. The van der Waals surface area contributed by atoms with Gasteiger partial charge in [-0.3, -0.25) is 9.59 Å². The third kappa shape index (κ3) is 2.02. The number of carbonyl (C=O) groups excluding carboxylic acids is 2. The molecular formula is C12H14N2O2S. The SMILES string of the molecule is CCNC(=O)C1(C)Sc2ccccc2NC1=O. The molecule has 1 heterocycles. The molecule has 1 aromatic carbocycles. The van der Waals surface area contributed by atoms with E-state index < -0.39 is 4.75 Å². The molecule has 2 rings (SSSR count). The molecule has 0 radical (unpaired) electrons. The van der Waals surface area contributed by atoms with Gasteiger partial charge in [0.2, 0.25) is 11.8 Å². The fourth-order valence-corrected chi connectivity index (χ4v) is 2.77. The molecule has 2 amide bonds. The van der Waals surface area contributed by atoms with Crippen LogP contribution >= 0.6 is 11.8 Å². The van der Waals surface area contributed by atoms with Crippen LogP contribution in [0.5, 0.6) is 0 Å². The fraction of sp³-hybridized carbons (Fsp3) is 0.333. The number of hydrogen-bond acceptors (Lipinski definition) is 3. The van der Waals surface area contributed by atoms with Gasteiger partial charge in [0, 0.05) is 11.4 Å². The molecule has 90 valence electrons. The van der Waals surface area contributed by atoms with E-state index in [0.717, 1.165) is 10.6 Å². The number of amides is 2. The summed E-state index contributed by atoms with van der Waals surface area (Å²) in [5.41, 5.74) is 0.768. The van der Waals surface area contributed by atoms with E-state index in [0.29, 0.717) is 6.54 Å². The van der Waals surface area contributed by atoms with Gasteiger partial charge in [-0.25, -0.2) is 0 Å². The van der Waals surface area contributed by atoms with Crippen molar-refractivity contribution >= 4 is 29.3 Å². The van der Waals surface area contributed by atoms with Crippen LogP contribution in [0.4, 0.5) is 5.69 Å². The van der Waals surface area contributed by atoms with Gasteiger partial charge in [0.1, 0.15) is 0 Å². The third-order valence-corrected chi connectivity index (χ3v) is 4.01. The number of anilines is 1. The zero-order valence-corrected chi connectivity index (χ0v) is 10.6. The highest BCUT2D eigenvalue weighted by Crippen LogP contribution is 2.42. The number of fused-ring (bicyclic) bond motifs is 1. The van der Waals surface area contributed by atoms with Crippen molar-refractivity contribution in [1.29, 1.82) is 0 Å². The molecule has 4 nitrogen and oxygen atoms in total. The largest absolute Gasteiger partial charge is 0.355 e. The Morgan fingerprint density at radius 3 is 2.88 bits per heavy atom. The lowest BCUT2D eigenvalue weighted by atomic mass is 10.1. The first-order chi connectivity index (χ1) is 8.08. The highest BCUT2D eigenvalue weighted by atomic mass is 32.2. The molecule has 1 aliphatic heterocycles. The van der Waals surface area contributed by atoms with Gasteiger partial charge in [-0.1, -0.05) is 23.9 Å². The molecule has 1 unspecified atom stereocenters. The minimum Gasteiger partial charge on any atom is -0.355 e. The lowest BCUT2D eigenvalue weighted by molar-refractivity contribution is -0.129. The van der Waals surface area contributed by atoms with Crippen LogP contribution in [-0.2, 0) is 9.59 Å². The van der Waals surface area contributed by atoms with E-state index in [1.807, 2.05) is 31.2 Å². The smallest absolute Gasteiger partial charge is 0.250 e. The molecule has 0 fully saturated rings. The summed E-state index contributed by atoms with van der Waals surface area (Å²) in [6.45, 7) is 4.00. The average molecular weight is 250 g/mol. The van der Waals surface area contributed by atoms with E-state index >= 15 is 0 Å². The highest BCUT2D eigenvalue weighted by Gasteiger charge is 2.45. The lowest BCUT2D eigenvalue weighted by Crippen LogP contribution is -2.52. The van der Waals surface area contributed by atoms with E-state index in [1.54, 1.807) is 6.92 Å². The molecule has 0 bridgehead atoms. The molecule has 0 aliphatic carbocycles. The van der Waals surface area contributed by atoms with Gasteiger partial charge in [0.05, 0.1) is 5.69 Å². The lowest BCUT2D eigenvalue weighted by Gasteiger charge is -2.31. The Bertz CT molecular complexity index is 475. The summed E-state index contributed by atoms with van der Waals surface area (Å²) in [5, 5.41) is 5.47. The van der Waals surface area contributed by atoms with Gasteiger partial charge in [-0.15, -0.1) is 0 Å². The first-order valence-corrected chi connectivity index (χ1v) is 6.27. The minimum absolute atomic E-state index is 0.253. The van der Waals surface area contributed by atoms with Crippen molar-refractivity contribution in [2.75, 3.05) is 11.9 Å². The maximum Gasteiger partial charge on any atom is 0.250 e. The van der Waals surface area contributed by atoms with Crippen molar-refractivity contribution in [1.82, 2.24) is 5.32 Å². The molecule has 5 heteroatoms. The number of hydrogen-bond donors (Lipinski definition) is 2. The molecular weight excluding hydrogens is 236 g/mol. The van der Waals surface area contributed by atoms with Crippen molar-refractivity contribution in [2.45, 2.75) is 23.5 Å². The molecule has 1 aliphatic rings. The van der Waals surface area contributed by atoms with Gasteiger partial charge in [0.15, 0.2) is 4.75 Å². The normalized spacial score (nSPS) is 22.6. The van der Waals surface area contributed by atoms with Crippen molar-refractivity contribution in [3.8, 4) is 0 Å². The Balaban J connectivity index is 2.34. The zero-order valence-electron chi connectivity index (χ0n) is 9.74. The van der Waals surface area contributed by atoms with Crippen molar-refractivity contribution < 1.29 is 9.59 Å². The van der Waals surface area contributed by atoms with Gasteiger partial charge in [-0.2, -0.15) is 0 Å². The van der Waals surface area contributed by atoms with Crippen molar-refractivity contribution in [3.05, 3.63) is 24.3 Å². The summed E-state index contributed by atoms with van der Waals surface area (Å²) in [6.07, 6.45) is 0. The summed E-state index contributed by atoms with van der Waals surface area (Å²) in [7, 11) is 0. The first kappa shape index (κ1) is 12.0. The van der Waals surface area contributed by atoms with E-state index in [-0.39, 0.29) is 11.8 Å². The number of rotatable bonds is 2. The number of para-hydroxylation sites is 1. The third-order valence-electron chi connectivity index (χ3n) is 2.65. The molecule has 0 saturated heterocycles. The predicted octanol–water partition coefficient (Wildman–Crippen LogP) is 1.63. The van der Waals surface area contributed by atoms with Crippen molar-refractivity contribution in [2.24, 2.45) is 0 Å². The fourth-order valence-electron chi connectivity index (χ4n) is 1.65. The van der Waals surface area contributed by atoms with Crippen LogP contribution in [0.1, 0.15) is 13.8 Å². The van der Waals surface area contributed by atoms with Crippen LogP contribution in [0, 0.1) is 0 Å². The molecule has 2 N–H and O–H groups in total. The Kier molecular flexibility index (Phi) is 3.11. The topological polar surface area (TPSA) is 58.2 Å². The molecule has 1 atom stereocenters. The van der Waals surface area contributed by atoms with E-state index in [9.17, 15) is 9.59 Å². The monoisotopic (exact) mass is 250 g/mol. The quantitative estimate of drug-likeness (QED) is 0.784. The van der Waals surface area contributed by atoms with Crippen LogP contribution in [0.15, 0.2) is 29.2 Å². The van der Waals surface area contributed by atoms with Crippen molar-refractivity contribution in [3.63, 3.8) is 0 Å².